The van der Waals surface area contributed by atoms with Gasteiger partial charge >= 0.3 is 0 Å². The molecular formula is C13H14FN5O2. The van der Waals surface area contributed by atoms with E-state index in [1.807, 2.05) is 0 Å². The molecule has 1 saturated heterocycles. The summed E-state index contributed by atoms with van der Waals surface area (Å²) >= 11 is 0. The van der Waals surface area contributed by atoms with Crippen LogP contribution in [-0.4, -0.2) is 56.6 Å². The molecule has 2 aromatic heterocycles. The normalized spacial score (nSPS) is 18.7. The predicted octanol–water partition coefficient (Wildman–Crippen LogP) is 0.353. The number of rotatable bonds is 3. The lowest BCUT2D eigenvalue weighted by Crippen LogP contribution is -2.47. The third kappa shape index (κ3) is 3.22. The Morgan fingerprint density at radius 1 is 1.48 bits per heavy atom. The van der Waals surface area contributed by atoms with Gasteiger partial charge in [0.1, 0.15) is 5.82 Å². The fourth-order valence-electron chi connectivity index (χ4n) is 2.26. The first-order valence-corrected chi connectivity index (χ1v) is 6.58. The molecule has 110 valence electrons. The van der Waals surface area contributed by atoms with Crippen molar-refractivity contribution in [3.63, 3.8) is 0 Å². The van der Waals surface area contributed by atoms with Crippen LogP contribution in [-0.2, 0) is 11.3 Å². The second kappa shape index (κ2) is 5.96. The van der Waals surface area contributed by atoms with Gasteiger partial charge in [-0.15, -0.1) is 5.10 Å². The molecule has 2 aromatic rings. The highest BCUT2D eigenvalue weighted by atomic mass is 19.1. The van der Waals surface area contributed by atoms with Crippen molar-refractivity contribution >= 4 is 5.91 Å². The van der Waals surface area contributed by atoms with Crippen molar-refractivity contribution in [1.29, 1.82) is 0 Å². The van der Waals surface area contributed by atoms with E-state index in [2.05, 4.69) is 15.3 Å². The SMILES string of the molecule is O=C(c1cncc(F)c1)N1CCOC(Cn2ccnn2)C1. The number of nitrogens with zero attached hydrogens (tertiary/aromatic N) is 5. The number of halogens is 1. The van der Waals surface area contributed by atoms with E-state index in [4.69, 9.17) is 4.74 Å². The summed E-state index contributed by atoms with van der Waals surface area (Å²) < 4.78 is 20.4. The van der Waals surface area contributed by atoms with Gasteiger partial charge in [0, 0.05) is 25.5 Å². The summed E-state index contributed by atoms with van der Waals surface area (Å²) in [4.78, 5) is 17.7. The number of hydrogen-bond acceptors (Lipinski definition) is 5. The molecule has 0 radical (unpaired) electrons. The molecular weight excluding hydrogens is 277 g/mol. The fraction of sp³-hybridized carbons (Fsp3) is 0.385. The summed E-state index contributed by atoms with van der Waals surface area (Å²) in [5.41, 5.74) is 0.247. The quantitative estimate of drug-likeness (QED) is 0.816. The molecule has 0 N–H and O–H groups in total. The zero-order chi connectivity index (χ0) is 14.7. The van der Waals surface area contributed by atoms with Crippen molar-refractivity contribution in [1.82, 2.24) is 24.9 Å². The number of carbonyl (C=O) groups excluding carboxylic acids is 1. The van der Waals surface area contributed by atoms with Crippen LogP contribution in [0, 0.1) is 5.82 Å². The van der Waals surface area contributed by atoms with Gasteiger partial charge in [0.2, 0.25) is 0 Å². The molecule has 3 rings (SSSR count). The van der Waals surface area contributed by atoms with Crippen LogP contribution < -0.4 is 0 Å². The van der Waals surface area contributed by atoms with Crippen LogP contribution in [0.1, 0.15) is 10.4 Å². The highest BCUT2D eigenvalue weighted by molar-refractivity contribution is 5.94. The average molecular weight is 291 g/mol. The Morgan fingerprint density at radius 3 is 3.14 bits per heavy atom. The van der Waals surface area contributed by atoms with Gasteiger partial charge in [0.25, 0.3) is 5.91 Å². The van der Waals surface area contributed by atoms with Crippen molar-refractivity contribution in [3.8, 4) is 0 Å². The number of amides is 1. The number of hydrogen-bond donors (Lipinski definition) is 0. The van der Waals surface area contributed by atoms with Crippen molar-refractivity contribution in [2.24, 2.45) is 0 Å². The van der Waals surface area contributed by atoms with Crippen molar-refractivity contribution in [3.05, 3.63) is 42.2 Å². The van der Waals surface area contributed by atoms with Crippen LogP contribution in [0.2, 0.25) is 0 Å². The summed E-state index contributed by atoms with van der Waals surface area (Å²) in [6.07, 6.45) is 5.60. The Morgan fingerprint density at radius 2 is 2.38 bits per heavy atom. The van der Waals surface area contributed by atoms with Crippen LogP contribution >= 0.6 is 0 Å². The van der Waals surface area contributed by atoms with E-state index in [-0.39, 0.29) is 17.6 Å². The maximum absolute atomic E-state index is 13.1. The van der Waals surface area contributed by atoms with E-state index in [0.717, 1.165) is 6.20 Å². The molecule has 1 unspecified atom stereocenters. The van der Waals surface area contributed by atoms with E-state index in [0.29, 0.717) is 26.2 Å². The van der Waals surface area contributed by atoms with E-state index in [1.165, 1.54) is 12.3 Å². The summed E-state index contributed by atoms with van der Waals surface area (Å²) in [6.45, 7) is 1.86. The van der Waals surface area contributed by atoms with Crippen LogP contribution in [0.4, 0.5) is 4.39 Å². The molecule has 21 heavy (non-hydrogen) atoms. The predicted molar refractivity (Wildman–Crippen MR) is 69.9 cm³/mol. The first-order chi connectivity index (χ1) is 10.2. The van der Waals surface area contributed by atoms with Gasteiger partial charge in [-0.05, 0) is 6.07 Å². The van der Waals surface area contributed by atoms with Crippen LogP contribution in [0.5, 0.6) is 0 Å². The molecule has 1 atom stereocenters. The molecule has 3 heterocycles. The Labute approximate surface area is 120 Å². The van der Waals surface area contributed by atoms with Gasteiger partial charge in [-0.25, -0.2) is 9.07 Å². The Balaban J connectivity index is 1.66. The van der Waals surface area contributed by atoms with Gasteiger partial charge in [-0.2, -0.15) is 0 Å². The topological polar surface area (TPSA) is 73.1 Å². The molecule has 0 saturated carbocycles. The molecule has 1 fully saturated rings. The lowest BCUT2D eigenvalue weighted by molar-refractivity contribution is -0.0302. The lowest BCUT2D eigenvalue weighted by atomic mass is 10.2. The third-order valence-corrected chi connectivity index (χ3v) is 3.24. The Bertz CT molecular complexity index is 619. The average Bonchev–Trinajstić information content (AvgIpc) is 3.00. The first kappa shape index (κ1) is 13.6. The second-order valence-electron chi connectivity index (χ2n) is 4.76. The molecule has 0 bridgehead atoms. The van der Waals surface area contributed by atoms with Crippen molar-refractivity contribution in [2.45, 2.75) is 12.6 Å². The highest BCUT2D eigenvalue weighted by Crippen LogP contribution is 2.12. The molecule has 0 spiro atoms. The van der Waals surface area contributed by atoms with E-state index < -0.39 is 5.82 Å². The molecule has 1 aliphatic rings. The summed E-state index contributed by atoms with van der Waals surface area (Å²) in [5.74, 6) is -0.762. The number of aromatic nitrogens is 4. The number of morpholine rings is 1. The molecule has 7 nitrogen and oxygen atoms in total. The standard InChI is InChI=1S/C13H14FN5O2/c14-11-5-10(6-15-7-11)13(20)18-3-4-21-12(8-18)9-19-2-1-16-17-19/h1-2,5-7,12H,3-4,8-9H2. The largest absolute Gasteiger partial charge is 0.373 e. The van der Waals surface area contributed by atoms with Crippen molar-refractivity contribution in [2.75, 3.05) is 19.7 Å². The van der Waals surface area contributed by atoms with E-state index in [1.54, 1.807) is 22.0 Å². The van der Waals surface area contributed by atoms with Crippen LogP contribution in [0.25, 0.3) is 0 Å². The molecule has 0 aliphatic carbocycles. The summed E-state index contributed by atoms with van der Waals surface area (Å²) in [5, 5.41) is 7.60. The maximum atomic E-state index is 13.1. The van der Waals surface area contributed by atoms with E-state index in [9.17, 15) is 9.18 Å². The Kier molecular flexibility index (Phi) is 3.87. The van der Waals surface area contributed by atoms with Gasteiger partial charge in [-0.1, -0.05) is 5.21 Å². The number of pyridine rings is 1. The molecule has 1 aliphatic heterocycles. The summed E-state index contributed by atoms with van der Waals surface area (Å²) in [7, 11) is 0. The molecule has 0 aromatic carbocycles. The third-order valence-electron chi connectivity index (χ3n) is 3.24. The Hall–Kier alpha value is -2.35. The highest BCUT2D eigenvalue weighted by Gasteiger charge is 2.25. The molecule has 8 heteroatoms. The van der Waals surface area contributed by atoms with Crippen LogP contribution in [0.3, 0.4) is 0 Å². The van der Waals surface area contributed by atoms with Gasteiger partial charge in [0.05, 0.1) is 37.2 Å². The zero-order valence-electron chi connectivity index (χ0n) is 11.2. The minimum atomic E-state index is -0.520. The minimum Gasteiger partial charge on any atom is -0.373 e. The summed E-state index contributed by atoms with van der Waals surface area (Å²) in [6, 6.07) is 1.19. The van der Waals surface area contributed by atoms with Gasteiger partial charge in [-0.3, -0.25) is 9.78 Å². The smallest absolute Gasteiger partial charge is 0.255 e. The van der Waals surface area contributed by atoms with Crippen molar-refractivity contribution < 1.29 is 13.9 Å². The number of carbonyl (C=O) groups is 1. The van der Waals surface area contributed by atoms with Gasteiger partial charge in [0.15, 0.2) is 0 Å². The lowest BCUT2D eigenvalue weighted by Gasteiger charge is -2.32. The fourth-order valence-corrected chi connectivity index (χ4v) is 2.26. The van der Waals surface area contributed by atoms with Gasteiger partial charge < -0.3 is 9.64 Å². The minimum absolute atomic E-state index is 0.161. The monoisotopic (exact) mass is 291 g/mol. The first-order valence-electron chi connectivity index (χ1n) is 6.58. The van der Waals surface area contributed by atoms with Crippen LogP contribution in [0.15, 0.2) is 30.9 Å². The molecule has 1 amide bonds. The zero-order valence-corrected chi connectivity index (χ0v) is 11.2. The number of ether oxygens (including phenoxy) is 1. The van der Waals surface area contributed by atoms with E-state index >= 15 is 0 Å². The maximum Gasteiger partial charge on any atom is 0.255 e. The second-order valence-corrected chi connectivity index (χ2v) is 4.76.